The van der Waals surface area contributed by atoms with Crippen LogP contribution in [-0.2, 0) is 13.5 Å². The molecule has 1 saturated carbocycles. The molecular formula is C27H26N6O. The number of H-pyrrole nitrogens is 1. The zero-order valence-electron chi connectivity index (χ0n) is 19.2. The number of amides is 1. The van der Waals surface area contributed by atoms with E-state index in [0.717, 1.165) is 57.7 Å². The van der Waals surface area contributed by atoms with Crippen molar-refractivity contribution in [2.24, 2.45) is 7.05 Å². The van der Waals surface area contributed by atoms with Gasteiger partial charge in [0.1, 0.15) is 5.82 Å². The van der Waals surface area contributed by atoms with Crippen LogP contribution in [0.3, 0.4) is 0 Å². The van der Waals surface area contributed by atoms with Crippen molar-refractivity contribution in [2.75, 3.05) is 0 Å². The van der Waals surface area contributed by atoms with E-state index in [2.05, 4.69) is 27.5 Å². The number of para-hydroxylation sites is 2. The number of carbonyl (C=O) groups excluding carboxylic acids is 1. The fourth-order valence-corrected chi connectivity index (χ4v) is 4.67. The lowest BCUT2D eigenvalue weighted by molar-refractivity contribution is 0.0936. The number of aromatic nitrogens is 5. The van der Waals surface area contributed by atoms with Gasteiger partial charge < -0.3 is 10.3 Å². The van der Waals surface area contributed by atoms with Gasteiger partial charge in [-0.05, 0) is 49.9 Å². The topological polar surface area (TPSA) is 88.5 Å². The number of aromatic amines is 1. The summed E-state index contributed by atoms with van der Waals surface area (Å²) in [4.78, 5) is 26.8. The Hall–Kier alpha value is -4.00. The van der Waals surface area contributed by atoms with Crippen LogP contribution in [0.5, 0.6) is 0 Å². The summed E-state index contributed by atoms with van der Waals surface area (Å²) in [7, 11) is 1.88. The van der Waals surface area contributed by atoms with Crippen LogP contribution in [-0.4, -0.2) is 30.6 Å². The van der Waals surface area contributed by atoms with Gasteiger partial charge in [-0.3, -0.25) is 9.48 Å². The van der Waals surface area contributed by atoms with Gasteiger partial charge in [0.05, 0.1) is 33.7 Å². The quantitative estimate of drug-likeness (QED) is 0.391. The maximum absolute atomic E-state index is 13.8. The minimum Gasteiger partial charge on any atom is -0.342 e. The maximum Gasteiger partial charge on any atom is 0.252 e. The molecule has 2 N–H and O–H groups in total. The number of nitrogens with one attached hydrogen (secondary N) is 2. The number of benzene rings is 2. The summed E-state index contributed by atoms with van der Waals surface area (Å²) < 4.78 is 1.77. The van der Waals surface area contributed by atoms with Crippen molar-refractivity contribution >= 4 is 28.0 Å². The molecule has 6 rings (SSSR count). The van der Waals surface area contributed by atoms with E-state index in [1.807, 2.05) is 62.5 Å². The third-order valence-electron chi connectivity index (χ3n) is 6.55. The van der Waals surface area contributed by atoms with Crippen LogP contribution in [0, 0.1) is 6.92 Å². The molecule has 1 amide bonds. The third kappa shape index (κ3) is 3.73. The number of carbonyl (C=O) groups is 1. The molecule has 0 spiro atoms. The Bertz CT molecular complexity index is 1480. The number of aryl methyl sites for hydroxylation is 2. The zero-order valence-corrected chi connectivity index (χ0v) is 19.2. The first-order valence-electron chi connectivity index (χ1n) is 11.7. The van der Waals surface area contributed by atoms with Crippen LogP contribution in [0.25, 0.3) is 22.1 Å². The molecule has 3 aromatic heterocycles. The summed E-state index contributed by atoms with van der Waals surface area (Å²) in [5, 5.41) is 8.63. The van der Waals surface area contributed by atoms with E-state index in [9.17, 15) is 4.79 Å². The van der Waals surface area contributed by atoms with Crippen LogP contribution in [0.1, 0.15) is 57.9 Å². The van der Waals surface area contributed by atoms with Gasteiger partial charge in [0.25, 0.3) is 5.91 Å². The molecule has 0 radical (unpaired) electrons. The molecule has 0 saturated heterocycles. The lowest BCUT2D eigenvalue weighted by Gasteiger charge is -2.18. The van der Waals surface area contributed by atoms with Crippen LogP contribution in [0.4, 0.5) is 0 Å². The van der Waals surface area contributed by atoms with E-state index in [1.54, 1.807) is 4.68 Å². The fourth-order valence-electron chi connectivity index (χ4n) is 4.67. The van der Waals surface area contributed by atoms with E-state index in [1.165, 1.54) is 0 Å². The van der Waals surface area contributed by atoms with Gasteiger partial charge in [0, 0.05) is 18.7 Å². The predicted molar refractivity (Wildman–Crippen MR) is 132 cm³/mol. The summed E-state index contributed by atoms with van der Waals surface area (Å²) in [5.74, 6) is 1.04. The summed E-state index contributed by atoms with van der Waals surface area (Å²) in [6.45, 7) is 1.93. The van der Waals surface area contributed by atoms with Crippen LogP contribution < -0.4 is 5.32 Å². The average molecular weight is 451 g/mol. The molecular weight excluding hydrogens is 424 g/mol. The lowest BCUT2D eigenvalue weighted by atomic mass is 10.0. The Morgan fingerprint density at radius 3 is 2.65 bits per heavy atom. The van der Waals surface area contributed by atoms with Gasteiger partial charge in [-0.15, -0.1) is 0 Å². The van der Waals surface area contributed by atoms with Gasteiger partial charge in [-0.1, -0.05) is 42.5 Å². The van der Waals surface area contributed by atoms with E-state index < -0.39 is 0 Å². The number of pyridine rings is 1. The number of nitrogens with zero attached hydrogens (tertiary/aromatic N) is 4. The molecule has 5 aromatic rings. The molecule has 34 heavy (non-hydrogen) atoms. The lowest BCUT2D eigenvalue weighted by Crippen LogP contribution is -2.31. The van der Waals surface area contributed by atoms with Crippen molar-refractivity contribution in [3.05, 3.63) is 89.0 Å². The molecule has 7 nitrogen and oxygen atoms in total. The highest BCUT2D eigenvalue weighted by Gasteiger charge is 2.29. The molecule has 1 aliphatic carbocycles. The third-order valence-corrected chi connectivity index (χ3v) is 6.55. The number of fused-ring (bicyclic) bond motifs is 2. The van der Waals surface area contributed by atoms with Crippen molar-refractivity contribution in [3.8, 4) is 0 Å². The second kappa shape index (κ2) is 8.09. The molecule has 1 aliphatic rings. The maximum atomic E-state index is 13.8. The van der Waals surface area contributed by atoms with Crippen molar-refractivity contribution in [2.45, 2.75) is 38.1 Å². The molecule has 3 heterocycles. The zero-order chi connectivity index (χ0) is 23.2. The monoisotopic (exact) mass is 450 g/mol. The highest BCUT2D eigenvalue weighted by atomic mass is 16.1. The number of hydrogen-bond acceptors (Lipinski definition) is 4. The number of imidazole rings is 1. The van der Waals surface area contributed by atoms with Gasteiger partial charge >= 0.3 is 0 Å². The van der Waals surface area contributed by atoms with Crippen LogP contribution >= 0.6 is 0 Å². The SMILES string of the molecule is Cc1nn(C)c2nc(C3CC3)cc(C(=O)N[C@@H](Cc3ccccc3)c3nc4ccccc4[nH]3)c12. The van der Waals surface area contributed by atoms with Crippen LogP contribution in [0.15, 0.2) is 60.7 Å². The standard InChI is InChI=1S/C27H26N6O/c1-16-24-19(15-22(18-12-13-18)30-26(24)33(2)32-16)27(34)31-23(14-17-8-4-3-5-9-17)25-28-20-10-6-7-11-21(20)29-25/h3-11,15,18,23H,12-14H2,1-2H3,(H,28,29)(H,31,34)/t23-/m0/s1. The predicted octanol–water partition coefficient (Wildman–Crippen LogP) is 4.74. The summed E-state index contributed by atoms with van der Waals surface area (Å²) >= 11 is 0. The van der Waals surface area contributed by atoms with Gasteiger partial charge in [-0.2, -0.15) is 5.10 Å². The number of hydrogen-bond donors (Lipinski definition) is 2. The Balaban J connectivity index is 1.41. The van der Waals surface area contributed by atoms with E-state index in [0.29, 0.717) is 17.9 Å². The average Bonchev–Trinajstić information content (AvgIpc) is 3.54. The summed E-state index contributed by atoms with van der Waals surface area (Å²) in [6.07, 6.45) is 2.86. The van der Waals surface area contributed by atoms with Crippen molar-refractivity contribution in [1.29, 1.82) is 0 Å². The Labute approximate surface area is 197 Å². The highest BCUT2D eigenvalue weighted by Crippen LogP contribution is 2.40. The van der Waals surface area contributed by atoms with E-state index in [-0.39, 0.29) is 11.9 Å². The Morgan fingerprint density at radius 1 is 1.12 bits per heavy atom. The number of rotatable bonds is 6. The van der Waals surface area contributed by atoms with Gasteiger partial charge in [0.15, 0.2) is 5.65 Å². The van der Waals surface area contributed by atoms with Crippen molar-refractivity contribution in [3.63, 3.8) is 0 Å². The summed E-state index contributed by atoms with van der Waals surface area (Å²) in [5.41, 5.74) is 6.14. The summed E-state index contributed by atoms with van der Waals surface area (Å²) in [6, 6.07) is 19.7. The largest absolute Gasteiger partial charge is 0.342 e. The fraction of sp³-hybridized carbons (Fsp3) is 0.259. The first kappa shape index (κ1) is 20.6. The molecule has 0 bridgehead atoms. The Kier molecular flexibility index (Phi) is 4.90. The molecule has 1 atom stereocenters. The smallest absolute Gasteiger partial charge is 0.252 e. The first-order chi connectivity index (χ1) is 16.6. The van der Waals surface area contributed by atoms with E-state index >= 15 is 0 Å². The Morgan fingerprint density at radius 2 is 1.88 bits per heavy atom. The molecule has 1 fully saturated rings. The highest BCUT2D eigenvalue weighted by molar-refractivity contribution is 6.06. The van der Waals surface area contributed by atoms with Crippen molar-refractivity contribution < 1.29 is 4.79 Å². The molecule has 2 aromatic carbocycles. The van der Waals surface area contributed by atoms with E-state index in [4.69, 9.17) is 9.97 Å². The minimum atomic E-state index is -0.313. The minimum absolute atomic E-state index is 0.133. The van der Waals surface area contributed by atoms with Gasteiger partial charge in [0.2, 0.25) is 0 Å². The molecule has 0 unspecified atom stereocenters. The normalized spacial score (nSPS) is 14.5. The van der Waals surface area contributed by atoms with Crippen molar-refractivity contribution in [1.82, 2.24) is 30.0 Å². The van der Waals surface area contributed by atoms with Crippen LogP contribution in [0.2, 0.25) is 0 Å². The molecule has 7 heteroatoms. The second-order valence-corrected chi connectivity index (χ2v) is 9.13. The second-order valence-electron chi connectivity index (χ2n) is 9.13. The molecule has 170 valence electrons. The molecule has 0 aliphatic heterocycles. The first-order valence-corrected chi connectivity index (χ1v) is 11.7. The van der Waals surface area contributed by atoms with Gasteiger partial charge in [-0.25, -0.2) is 9.97 Å².